The molecule has 0 bridgehead atoms. The third kappa shape index (κ3) is 6.70. The number of nitrogens with zero attached hydrogens (tertiary/aromatic N) is 1. The number of nitro groups is 1. The Bertz CT molecular complexity index is 926. The molecule has 1 amide bonds. The smallest absolute Gasteiger partial charge is 0.311 e. The lowest BCUT2D eigenvalue weighted by Crippen LogP contribution is -2.31. The van der Waals surface area contributed by atoms with E-state index in [1.807, 2.05) is 0 Å². The first-order valence-electron chi connectivity index (χ1n) is 9.80. The summed E-state index contributed by atoms with van der Waals surface area (Å²) in [7, 11) is 1.53. The van der Waals surface area contributed by atoms with Gasteiger partial charge in [0.05, 0.1) is 37.2 Å². The van der Waals surface area contributed by atoms with Gasteiger partial charge in [0.1, 0.15) is 5.75 Å². The predicted molar refractivity (Wildman–Crippen MR) is 113 cm³/mol. The largest absolute Gasteiger partial charge is 0.497 e. The van der Waals surface area contributed by atoms with Crippen LogP contribution in [0.2, 0.25) is 0 Å². The molecule has 2 aromatic rings. The molecule has 9 heteroatoms. The fourth-order valence-electron chi connectivity index (χ4n) is 2.89. The maximum absolute atomic E-state index is 12.8. The van der Waals surface area contributed by atoms with Crippen molar-refractivity contribution >= 4 is 17.6 Å². The molecule has 0 spiro atoms. The van der Waals surface area contributed by atoms with Gasteiger partial charge < -0.3 is 19.5 Å². The number of esters is 1. The fourth-order valence-corrected chi connectivity index (χ4v) is 2.89. The molecule has 0 heterocycles. The molecule has 31 heavy (non-hydrogen) atoms. The normalized spacial score (nSPS) is 11.5. The van der Waals surface area contributed by atoms with Crippen LogP contribution in [0.15, 0.2) is 42.5 Å². The van der Waals surface area contributed by atoms with Crippen molar-refractivity contribution < 1.29 is 28.7 Å². The minimum absolute atomic E-state index is 0.0749. The summed E-state index contributed by atoms with van der Waals surface area (Å²) in [4.78, 5) is 35.8. The molecule has 166 valence electrons. The van der Waals surface area contributed by atoms with Crippen molar-refractivity contribution in [3.8, 4) is 11.5 Å². The first-order chi connectivity index (χ1) is 14.7. The number of carbonyl (C=O) groups is 2. The Kier molecular flexibility index (Phi) is 8.36. The maximum Gasteiger partial charge on any atom is 0.311 e. The lowest BCUT2D eigenvalue weighted by Gasteiger charge is -2.20. The van der Waals surface area contributed by atoms with Gasteiger partial charge in [-0.25, -0.2) is 0 Å². The molecule has 1 unspecified atom stereocenters. The summed E-state index contributed by atoms with van der Waals surface area (Å²) in [5.41, 5.74) is 0.427. The van der Waals surface area contributed by atoms with Crippen LogP contribution in [0.4, 0.5) is 5.69 Å². The van der Waals surface area contributed by atoms with Gasteiger partial charge in [-0.15, -0.1) is 0 Å². The number of nitrogens with one attached hydrogen (secondary N) is 1. The van der Waals surface area contributed by atoms with E-state index in [1.54, 1.807) is 45.0 Å². The fraction of sp³-hybridized carbons (Fsp3) is 0.364. The van der Waals surface area contributed by atoms with Crippen molar-refractivity contribution in [1.29, 1.82) is 0 Å². The summed E-state index contributed by atoms with van der Waals surface area (Å²) >= 11 is 0. The molecule has 0 aromatic heterocycles. The summed E-state index contributed by atoms with van der Waals surface area (Å²) < 4.78 is 15.6. The molecule has 0 aliphatic carbocycles. The van der Waals surface area contributed by atoms with Crippen LogP contribution in [0.25, 0.3) is 0 Å². The first-order valence-corrected chi connectivity index (χ1v) is 9.80. The molecular formula is C22H26N2O7. The number of ether oxygens (including phenoxy) is 3. The number of hydrogen-bond donors (Lipinski definition) is 1. The number of amides is 1. The van der Waals surface area contributed by atoms with E-state index in [0.29, 0.717) is 11.3 Å². The molecule has 0 saturated heterocycles. The summed E-state index contributed by atoms with van der Waals surface area (Å²) in [5, 5.41) is 14.1. The second-order valence-electron chi connectivity index (χ2n) is 6.91. The highest BCUT2D eigenvalue weighted by Gasteiger charge is 2.23. The number of benzene rings is 2. The monoisotopic (exact) mass is 430 g/mol. The van der Waals surface area contributed by atoms with Gasteiger partial charge >= 0.3 is 11.7 Å². The van der Waals surface area contributed by atoms with Gasteiger partial charge in [0.25, 0.3) is 5.91 Å². The Balaban J connectivity index is 2.29. The minimum Gasteiger partial charge on any atom is -0.497 e. The summed E-state index contributed by atoms with van der Waals surface area (Å²) in [6, 6.07) is 10.2. The van der Waals surface area contributed by atoms with Gasteiger partial charge in [0.2, 0.25) is 0 Å². The molecule has 2 rings (SSSR count). The number of hydrogen-bond acceptors (Lipinski definition) is 7. The van der Waals surface area contributed by atoms with Crippen LogP contribution in [-0.4, -0.2) is 36.6 Å². The van der Waals surface area contributed by atoms with Crippen LogP contribution in [0.1, 0.15) is 49.2 Å². The van der Waals surface area contributed by atoms with E-state index in [4.69, 9.17) is 14.2 Å². The first kappa shape index (κ1) is 23.7. The zero-order valence-corrected chi connectivity index (χ0v) is 17.9. The SMILES string of the molecule is CCOc1ccc(C(=O)NC(CC(=O)OC(C)C)c2ccc(OC)cc2)cc1[N+](=O)[O-]. The van der Waals surface area contributed by atoms with Gasteiger partial charge in [-0.1, -0.05) is 12.1 Å². The Labute approximate surface area is 180 Å². The average molecular weight is 430 g/mol. The van der Waals surface area contributed by atoms with Crippen molar-refractivity contribution in [3.05, 3.63) is 63.7 Å². The lowest BCUT2D eigenvalue weighted by molar-refractivity contribution is -0.385. The summed E-state index contributed by atoms with van der Waals surface area (Å²) in [5.74, 6) is -0.338. The number of methoxy groups -OCH3 is 1. The number of nitro benzene ring substituents is 1. The second-order valence-corrected chi connectivity index (χ2v) is 6.91. The Morgan fingerprint density at radius 2 is 1.81 bits per heavy atom. The van der Waals surface area contributed by atoms with E-state index in [2.05, 4.69) is 5.32 Å². The van der Waals surface area contributed by atoms with E-state index in [0.717, 1.165) is 6.07 Å². The van der Waals surface area contributed by atoms with E-state index < -0.39 is 22.8 Å². The van der Waals surface area contributed by atoms with Gasteiger partial charge in [-0.2, -0.15) is 0 Å². The molecule has 0 aliphatic rings. The molecular weight excluding hydrogens is 404 g/mol. The van der Waals surface area contributed by atoms with Crippen LogP contribution < -0.4 is 14.8 Å². The maximum atomic E-state index is 12.8. The van der Waals surface area contributed by atoms with Gasteiger partial charge in [-0.3, -0.25) is 19.7 Å². The predicted octanol–water partition coefficient (Wildman–Crippen LogP) is 3.81. The Hall–Kier alpha value is -3.62. The van der Waals surface area contributed by atoms with Crippen molar-refractivity contribution in [3.63, 3.8) is 0 Å². The molecule has 9 nitrogen and oxygen atoms in total. The van der Waals surface area contributed by atoms with Crippen LogP contribution in [-0.2, 0) is 9.53 Å². The summed E-state index contributed by atoms with van der Waals surface area (Å²) in [6.45, 7) is 5.43. The quantitative estimate of drug-likeness (QED) is 0.346. The minimum atomic E-state index is -0.699. The van der Waals surface area contributed by atoms with Crippen LogP contribution in [0.5, 0.6) is 11.5 Å². The molecule has 1 N–H and O–H groups in total. The highest BCUT2D eigenvalue weighted by molar-refractivity contribution is 5.95. The Morgan fingerprint density at radius 3 is 2.35 bits per heavy atom. The van der Waals surface area contributed by atoms with Crippen LogP contribution in [0.3, 0.4) is 0 Å². The van der Waals surface area contributed by atoms with Crippen LogP contribution >= 0.6 is 0 Å². The highest BCUT2D eigenvalue weighted by Crippen LogP contribution is 2.29. The average Bonchev–Trinajstić information content (AvgIpc) is 2.73. The third-order valence-corrected chi connectivity index (χ3v) is 4.28. The zero-order chi connectivity index (χ0) is 23.0. The number of rotatable bonds is 10. The zero-order valence-electron chi connectivity index (χ0n) is 17.9. The van der Waals surface area contributed by atoms with Crippen LogP contribution in [0, 0.1) is 10.1 Å². The van der Waals surface area contributed by atoms with Crippen molar-refractivity contribution in [2.45, 2.75) is 39.3 Å². The Morgan fingerprint density at radius 1 is 1.13 bits per heavy atom. The van der Waals surface area contributed by atoms with Gasteiger partial charge in [0.15, 0.2) is 5.75 Å². The van der Waals surface area contributed by atoms with Gasteiger partial charge in [0, 0.05) is 11.6 Å². The van der Waals surface area contributed by atoms with E-state index in [1.165, 1.54) is 19.2 Å². The molecule has 1 atom stereocenters. The number of carbonyl (C=O) groups excluding carboxylic acids is 2. The molecule has 0 aliphatic heterocycles. The van der Waals surface area contributed by atoms with E-state index in [9.17, 15) is 19.7 Å². The third-order valence-electron chi connectivity index (χ3n) is 4.28. The van der Waals surface area contributed by atoms with E-state index >= 15 is 0 Å². The second kappa shape index (κ2) is 11.0. The van der Waals surface area contributed by atoms with Crippen molar-refractivity contribution in [1.82, 2.24) is 5.32 Å². The standard InChI is InChI=1S/C22H26N2O7/c1-5-30-20-11-8-16(12-19(20)24(27)28)22(26)23-18(13-21(25)31-14(2)3)15-6-9-17(29-4)10-7-15/h6-12,14,18H,5,13H2,1-4H3,(H,23,26). The molecule has 0 fully saturated rings. The van der Waals surface area contributed by atoms with Crippen molar-refractivity contribution in [2.24, 2.45) is 0 Å². The topological polar surface area (TPSA) is 117 Å². The molecule has 2 aromatic carbocycles. The molecule has 0 radical (unpaired) electrons. The summed E-state index contributed by atoms with van der Waals surface area (Å²) in [6.07, 6.45) is -0.400. The lowest BCUT2D eigenvalue weighted by atomic mass is 10.0. The van der Waals surface area contributed by atoms with Crippen molar-refractivity contribution in [2.75, 3.05) is 13.7 Å². The molecule has 0 saturated carbocycles. The highest BCUT2D eigenvalue weighted by atomic mass is 16.6. The van der Waals surface area contributed by atoms with Gasteiger partial charge in [-0.05, 0) is 50.6 Å². The van der Waals surface area contributed by atoms with E-state index in [-0.39, 0.29) is 36.1 Å².